The number of amides is 1. The SMILES string of the molecule is CC(O)CN(Cc1cccc2ccccc12)C(=O)c1cnc[nH]c1=O. The van der Waals surface area contributed by atoms with Crippen molar-refractivity contribution in [2.24, 2.45) is 0 Å². The molecule has 0 radical (unpaired) electrons. The third-order valence-corrected chi connectivity index (χ3v) is 3.96. The molecule has 0 saturated carbocycles. The standard InChI is InChI=1S/C19H19N3O3/c1-13(23)10-22(19(25)17-9-20-12-21-18(17)24)11-15-7-4-6-14-5-2-3-8-16(14)15/h2-9,12-13,23H,10-11H2,1H3,(H,20,21,24). The molecule has 128 valence electrons. The van der Waals surface area contributed by atoms with Crippen LogP contribution in [0.5, 0.6) is 0 Å². The highest BCUT2D eigenvalue weighted by Crippen LogP contribution is 2.20. The van der Waals surface area contributed by atoms with Crippen molar-refractivity contribution in [1.29, 1.82) is 0 Å². The number of rotatable bonds is 5. The van der Waals surface area contributed by atoms with E-state index in [2.05, 4.69) is 9.97 Å². The second-order valence-electron chi connectivity index (χ2n) is 5.97. The van der Waals surface area contributed by atoms with Gasteiger partial charge in [-0.3, -0.25) is 9.59 Å². The van der Waals surface area contributed by atoms with Crippen molar-refractivity contribution in [3.63, 3.8) is 0 Å². The molecule has 3 rings (SSSR count). The lowest BCUT2D eigenvalue weighted by Crippen LogP contribution is -2.38. The Morgan fingerprint density at radius 3 is 2.76 bits per heavy atom. The van der Waals surface area contributed by atoms with E-state index in [4.69, 9.17) is 0 Å². The van der Waals surface area contributed by atoms with Gasteiger partial charge in [-0.1, -0.05) is 42.5 Å². The Bertz CT molecular complexity index is 944. The van der Waals surface area contributed by atoms with Gasteiger partial charge in [0.05, 0.1) is 12.4 Å². The second-order valence-corrected chi connectivity index (χ2v) is 5.97. The number of aliphatic hydroxyl groups is 1. The Morgan fingerprint density at radius 2 is 2.00 bits per heavy atom. The molecule has 6 heteroatoms. The van der Waals surface area contributed by atoms with E-state index in [0.717, 1.165) is 16.3 Å². The van der Waals surface area contributed by atoms with Crippen LogP contribution in [0.1, 0.15) is 22.8 Å². The van der Waals surface area contributed by atoms with Crippen molar-refractivity contribution in [3.05, 3.63) is 76.5 Å². The number of aromatic nitrogens is 2. The highest BCUT2D eigenvalue weighted by Gasteiger charge is 2.21. The normalized spacial score (nSPS) is 12.1. The van der Waals surface area contributed by atoms with Crippen LogP contribution in [-0.2, 0) is 6.54 Å². The Balaban J connectivity index is 1.97. The predicted octanol–water partition coefficient (Wildman–Crippen LogP) is 1.95. The molecule has 0 aliphatic heterocycles. The van der Waals surface area contributed by atoms with E-state index < -0.39 is 17.6 Å². The van der Waals surface area contributed by atoms with Crippen LogP contribution >= 0.6 is 0 Å². The minimum Gasteiger partial charge on any atom is -0.392 e. The maximum Gasteiger partial charge on any atom is 0.263 e. The predicted molar refractivity (Wildman–Crippen MR) is 95.2 cm³/mol. The third kappa shape index (κ3) is 3.75. The van der Waals surface area contributed by atoms with Gasteiger partial charge in [0, 0.05) is 19.3 Å². The van der Waals surface area contributed by atoms with E-state index in [1.165, 1.54) is 17.4 Å². The lowest BCUT2D eigenvalue weighted by Gasteiger charge is -2.24. The fourth-order valence-electron chi connectivity index (χ4n) is 2.84. The van der Waals surface area contributed by atoms with Gasteiger partial charge in [0.2, 0.25) is 0 Å². The highest BCUT2D eigenvalue weighted by molar-refractivity contribution is 5.94. The number of nitrogens with zero attached hydrogens (tertiary/aromatic N) is 2. The maximum absolute atomic E-state index is 12.8. The van der Waals surface area contributed by atoms with E-state index in [1.807, 2.05) is 42.5 Å². The first-order valence-electron chi connectivity index (χ1n) is 8.03. The molecular weight excluding hydrogens is 318 g/mol. The summed E-state index contributed by atoms with van der Waals surface area (Å²) in [5.41, 5.74) is 0.421. The maximum atomic E-state index is 12.8. The molecule has 25 heavy (non-hydrogen) atoms. The van der Waals surface area contributed by atoms with Crippen LogP contribution < -0.4 is 5.56 Å². The van der Waals surface area contributed by atoms with Crippen molar-refractivity contribution in [3.8, 4) is 0 Å². The van der Waals surface area contributed by atoms with Crippen molar-refractivity contribution >= 4 is 16.7 Å². The zero-order valence-electron chi connectivity index (χ0n) is 13.8. The van der Waals surface area contributed by atoms with Crippen LogP contribution in [0.3, 0.4) is 0 Å². The van der Waals surface area contributed by atoms with Gasteiger partial charge in [0.15, 0.2) is 0 Å². The van der Waals surface area contributed by atoms with Crippen molar-refractivity contribution in [2.45, 2.75) is 19.6 Å². The van der Waals surface area contributed by atoms with Crippen LogP contribution in [0.25, 0.3) is 10.8 Å². The first kappa shape index (κ1) is 16.9. The summed E-state index contributed by atoms with van der Waals surface area (Å²) < 4.78 is 0. The summed E-state index contributed by atoms with van der Waals surface area (Å²) >= 11 is 0. The number of hydrogen-bond donors (Lipinski definition) is 2. The van der Waals surface area contributed by atoms with Crippen LogP contribution in [0.15, 0.2) is 59.8 Å². The number of carbonyl (C=O) groups is 1. The van der Waals surface area contributed by atoms with Crippen LogP contribution in [-0.4, -0.2) is 38.5 Å². The molecule has 6 nitrogen and oxygen atoms in total. The van der Waals surface area contributed by atoms with E-state index in [0.29, 0.717) is 6.54 Å². The number of carbonyl (C=O) groups excluding carboxylic acids is 1. The molecule has 0 aliphatic rings. The molecule has 2 N–H and O–H groups in total. The molecule has 2 aromatic carbocycles. The van der Waals surface area contributed by atoms with Gasteiger partial charge in [-0.25, -0.2) is 4.98 Å². The molecule has 0 saturated heterocycles. The summed E-state index contributed by atoms with van der Waals surface area (Å²) in [5.74, 6) is -0.455. The Morgan fingerprint density at radius 1 is 1.24 bits per heavy atom. The summed E-state index contributed by atoms with van der Waals surface area (Å²) in [5, 5.41) is 11.9. The van der Waals surface area contributed by atoms with Crippen LogP contribution in [0.2, 0.25) is 0 Å². The first-order valence-corrected chi connectivity index (χ1v) is 8.03. The molecule has 1 atom stereocenters. The molecule has 1 aromatic heterocycles. The minimum absolute atomic E-state index is 0.0385. The fourth-order valence-corrected chi connectivity index (χ4v) is 2.84. The largest absolute Gasteiger partial charge is 0.392 e. The number of benzene rings is 2. The Hall–Kier alpha value is -2.99. The molecule has 3 aromatic rings. The van der Waals surface area contributed by atoms with Gasteiger partial charge >= 0.3 is 0 Å². The summed E-state index contributed by atoms with van der Waals surface area (Å²) in [4.78, 5) is 32.4. The summed E-state index contributed by atoms with van der Waals surface area (Å²) in [6, 6.07) is 13.8. The molecule has 0 bridgehead atoms. The number of hydrogen-bond acceptors (Lipinski definition) is 4. The number of aliphatic hydroxyl groups excluding tert-OH is 1. The zero-order valence-corrected chi connectivity index (χ0v) is 13.8. The molecule has 0 spiro atoms. The molecule has 0 fully saturated rings. The monoisotopic (exact) mass is 337 g/mol. The number of nitrogens with one attached hydrogen (secondary N) is 1. The van der Waals surface area contributed by atoms with Gasteiger partial charge in [0.1, 0.15) is 5.56 Å². The quantitative estimate of drug-likeness (QED) is 0.745. The van der Waals surface area contributed by atoms with Gasteiger partial charge in [-0.05, 0) is 23.3 Å². The molecule has 1 amide bonds. The molecular formula is C19H19N3O3. The Labute approximate surface area is 144 Å². The lowest BCUT2D eigenvalue weighted by atomic mass is 10.0. The number of H-pyrrole nitrogens is 1. The summed E-state index contributed by atoms with van der Waals surface area (Å²) in [6.45, 7) is 2.02. The van der Waals surface area contributed by atoms with Gasteiger partial charge < -0.3 is 15.0 Å². The highest BCUT2D eigenvalue weighted by atomic mass is 16.3. The molecule has 1 unspecified atom stereocenters. The summed E-state index contributed by atoms with van der Waals surface area (Å²) in [7, 11) is 0. The first-order chi connectivity index (χ1) is 12.1. The molecule has 0 aliphatic carbocycles. The van der Waals surface area contributed by atoms with Crippen LogP contribution in [0, 0.1) is 0 Å². The van der Waals surface area contributed by atoms with Gasteiger partial charge in [0.25, 0.3) is 11.5 Å². The topological polar surface area (TPSA) is 86.3 Å². The third-order valence-electron chi connectivity index (χ3n) is 3.96. The Kier molecular flexibility index (Phi) is 4.90. The smallest absolute Gasteiger partial charge is 0.263 e. The second kappa shape index (κ2) is 7.27. The number of aromatic amines is 1. The zero-order chi connectivity index (χ0) is 17.8. The van der Waals surface area contributed by atoms with E-state index >= 15 is 0 Å². The van der Waals surface area contributed by atoms with E-state index in [-0.39, 0.29) is 12.1 Å². The average molecular weight is 337 g/mol. The summed E-state index contributed by atoms with van der Waals surface area (Å²) in [6.07, 6.45) is 1.77. The number of fused-ring (bicyclic) bond motifs is 1. The molecule has 1 heterocycles. The van der Waals surface area contributed by atoms with E-state index in [9.17, 15) is 14.7 Å². The van der Waals surface area contributed by atoms with Crippen molar-refractivity contribution in [1.82, 2.24) is 14.9 Å². The fraction of sp³-hybridized carbons (Fsp3) is 0.211. The van der Waals surface area contributed by atoms with Crippen molar-refractivity contribution < 1.29 is 9.90 Å². The van der Waals surface area contributed by atoms with E-state index in [1.54, 1.807) is 6.92 Å². The van der Waals surface area contributed by atoms with Crippen molar-refractivity contribution in [2.75, 3.05) is 6.54 Å². The van der Waals surface area contributed by atoms with Gasteiger partial charge in [-0.2, -0.15) is 0 Å². The average Bonchev–Trinajstić information content (AvgIpc) is 2.61. The van der Waals surface area contributed by atoms with Crippen LogP contribution in [0.4, 0.5) is 0 Å². The van der Waals surface area contributed by atoms with Gasteiger partial charge in [-0.15, -0.1) is 0 Å². The minimum atomic E-state index is -0.713. The lowest BCUT2D eigenvalue weighted by molar-refractivity contribution is 0.0629.